The molecule has 0 bridgehead atoms. The Morgan fingerprint density at radius 3 is 2.14 bits per heavy atom. The van der Waals surface area contributed by atoms with Gasteiger partial charge in [-0.15, -0.1) is 0 Å². The third kappa shape index (κ3) is 5.38. The highest BCUT2D eigenvalue weighted by Crippen LogP contribution is 2.38. The molecule has 6 nitrogen and oxygen atoms in total. The Labute approximate surface area is 205 Å². The van der Waals surface area contributed by atoms with Crippen LogP contribution in [0.2, 0.25) is 0 Å². The number of methoxy groups -OCH3 is 3. The zero-order valence-corrected chi connectivity index (χ0v) is 20.2. The molecule has 3 aromatic carbocycles. The van der Waals surface area contributed by atoms with Crippen LogP contribution in [0.25, 0.3) is 29.1 Å². The molecule has 4 aromatic rings. The number of benzene rings is 3. The first-order valence-corrected chi connectivity index (χ1v) is 11.1. The second-order valence-corrected chi connectivity index (χ2v) is 7.95. The van der Waals surface area contributed by atoms with Crippen LogP contribution in [0.5, 0.6) is 17.2 Å². The van der Waals surface area contributed by atoms with Crippen LogP contribution >= 0.6 is 0 Å². The number of rotatable bonds is 8. The summed E-state index contributed by atoms with van der Waals surface area (Å²) >= 11 is 0. The molecular formula is C29H28N2O4. The summed E-state index contributed by atoms with van der Waals surface area (Å²) in [6.07, 6.45) is 9.35. The Morgan fingerprint density at radius 2 is 1.49 bits per heavy atom. The molecule has 6 heteroatoms. The summed E-state index contributed by atoms with van der Waals surface area (Å²) in [4.78, 5) is 12.4. The number of nitrogens with one attached hydrogen (secondary N) is 1. The van der Waals surface area contributed by atoms with Crippen LogP contribution in [0.1, 0.15) is 16.7 Å². The summed E-state index contributed by atoms with van der Waals surface area (Å²) in [7, 11) is 6.76. The average molecular weight is 469 g/mol. The molecule has 1 amide bonds. The summed E-state index contributed by atoms with van der Waals surface area (Å²) in [5.41, 5.74) is 4.76. The minimum absolute atomic E-state index is 0.182. The summed E-state index contributed by atoms with van der Waals surface area (Å²) in [5, 5.41) is 4.02. The highest BCUT2D eigenvalue weighted by Gasteiger charge is 2.12. The highest BCUT2D eigenvalue weighted by molar-refractivity contribution is 6.03. The largest absolute Gasteiger partial charge is 0.493 e. The molecule has 0 spiro atoms. The second kappa shape index (κ2) is 10.7. The SMILES string of the molecule is COc1cc(/C=C/c2ccc(NC(=O)/C=C/c3cn(C)c4ccccc34)cc2)cc(OC)c1OC. The number of aromatic nitrogens is 1. The van der Waals surface area contributed by atoms with Crippen molar-refractivity contribution in [2.45, 2.75) is 0 Å². The quantitative estimate of drug-likeness (QED) is 0.253. The number of fused-ring (bicyclic) bond motifs is 1. The van der Waals surface area contributed by atoms with E-state index in [1.807, 2.05) is 80.0 Å². The van der Waals surface area contributed by atoms with Gasteiger partial charge in [0.25, 0.3) is 0 Å². The van der Waals surface area contributed by atoms with E-state index < -0.39 is 0 Å². The fourth-order valence-electron chi connectivity index (χ4n) is 3.92. The van der Waals surface area contributed by atoms with Crippen molar-refractivity contribution in [3.05, 3.63) is 89.6 Å². The molecule has 0 aliphatic carbocycles. The van der Waals surface area contributed by atoms with Crippen LogP contribution in [0.15, 0.2) is 72.9 Å². The molecule has 1 N–H and O–H groups in total. The molecule has 0 saturated heterocycles. The highest BCUT2D eigenvalue weighted by atomic mass is 16.5. The predicted molar refractivity (Wildman–Crippen MR) is 142 cm³/mol. The van der Waals surface area contributed by atoms with E-state index in [-0.39, 0.29) is 5.91 Å². The maximum Gasteiger partial charge on any atom is 0.248 e. The van der Waals surface area contributed by atoms with E-state index in [1.165, 1.54) is 0 Å². The molecule has 1 heterocycles. The lowest BCUT2D eigenvalue weighted by atomic mass is 10.1. The van der Waals surface area contributed by atoms with Crippen LogP contribution in [0.3, 0.4) is 0 Å². The fraction of sp³-hybridized carbons (Fsp3) is 0.138. The van der Waals surface area contributed by atoms with E-state index in [0.29, 0.717) is 17.2 Å². The van der Waals surface area contributed by atoms with Crippen molar-refractivity contribution in [1.82, 2.24) is 4.57 Å². The van der Waals surface area contributed by atoms with Crippen molar-refractivity contribution in [2.75, 3.05) is 26.6 Å². The zero-order chi connectivity index (χ0) is 24.8. The molecule has 0 aliphatic rings. The standard InChI is InChI=1S/C29H28N2O4/c1-31-19-22(24-7-5-6-8-25(24)31)13-16-28(32)30-23-14-11-20(12-15-23)9-10-21-17-26(33-2)29(35-4)27(18-21)34-3/h5-19H,1-4H3,(H,30,32)/b10-9+,16-13+. The van der Waals surface area contributed by atoms with Crippen molar-refractivity contribution in [2.24, 2.45) is 7.05 Å². The molecule has 4 rings (SSSR count). The van der Waals surface area contributed by atoms with Crippen molar-refractivity contribution in [1.29, 1.82) is 0 Å². The van der Waals surface area contributed by atoms with Crippen LogP contribution in [0, 0.1) is 0 Å². The number of anilines is 1. The van der Waals surface area contributed by atoms with Crippen molar-refractivity contribution in [3.63, 3.8) is 0 Å². The molecule has 0 unspecified atom stereocenters. The van der Waals surface area contributed by atoms with Crippen LogP contribution in [-0.4, -0.2) is 31.8 Å². The molecule has 178 valence electrons. The number of hydrogen-bond acceptors (Lipinski definition) is 4. The van der Waals surface area contributed by atoms with Gasteiger partial charge in [0.15, 0.2) is 11.5 Å². The summed E-state index contributed by atoms with van der Waals surface area (Å²) in [6, 6.07) is 19.5. The first-order valence-electron chi connectivity index (χ1n) is 11.1. The Kier molecular flexibility index (Phi) is 7.21. The van der Waals surface area contributed by atoms with E-state index in [9.17, 15) is 4.79 Å². The van der Waals surface area contributed by atoms with E-state index in [4.69, 9.17) is 14.2 Å². The minimum atomic E-state index is -0.182. The van der Waals surface area contributed by atoms with Crippen molar-refractivity contribution >= 4 is 40.7 Å². The van der Waals surface area contributed by atoms with Gasteiger partial charge in [0.2, 0.25) is 11.7 Å². The number of hydrogen-bond donors (Lipinski definition) is 1. The number of nitrogens with zero attached hydrogens (tertiary/aromatic N) is 1. The molecule has 0 fully saturated rings. The van der Waals surface area contributed by atoms with Gasteiger partial charge in [-0.25, -0.2) is 0 Å². The Morgan fingerprint density at radius 1 is 0.829 bits per heavy atom. The molecule has 0 radical (unpaired) electrons. The number of para-hydroxylation sites is 1. The predicted octanol–water partition coefficient (Wildman–Crippen LogP) is 6.03. The molecule has 35 heavy (non-hydrogen) atoms. The van der Waals surface area contributed by atoms with Gasteiger partial charge in [0.1, 0.15) is 0 Å². The topological polar surface area (TPSA) is 61.7 Å². The molecule has 0 saturated carbocycles. The van der Waals surface area contributed by atoms with Crippen LogP contribution in [0.4, 0.5) is 5.69 Å². The van der Waals surface area contributed by atoms with Gasteiger partial charge in [-0.1, -0.05) is 42.5 Å². The Bertz CT molecular complexity index is 1370. The molecular weight excluding hydrogens is 440 g/mol. The fourth-order valence-corrected chi connectivity index (χ4v) is 3.92. The molecule has 0 aliphatic heterocycles. The number of carbonyl (C=O) groups is 1. The van der Waals surface area contributed by atoms with Crippen molar-refractivity contribution < 1.29 is 19.0 Å². The zero-order valence-electron chi connectivity index (χ0n) is 20.2. The van der Waals surface area contributed by atoms with Gasteiger partial charge in [-0.2, -0.15) is 0 Å². The Hall–Kier alpha value is -4.45. The Balaban J connectivity index is 1.42. The minimum Gasteiger partial charge on any atom is -0.493 e. The number of ether oxygens (including phenoxy) is 3. The lowest BCUT2D eigenvalue weighted by Gasteiger charge is -2.12. The first-order chi connectivity index (χ1) is 17.0. The second-order valence-electron chi connectivity index (χ2n) is 7.95. The van der Waals surface area contributed by atoms with E-state index >= 15 is 0 Å². The first kappa shape index (κ1) is 23.7. The molecule has 0 atom stereocenters. The molecule has 1 aromatic heterocycles. The summed E-state index contributed by atoms with van der Waals surface area (Å²) in [5.74, 6) is 1.57. The lowest BCUT2D eigenvalue weighted by Crippen LogP contribution is -2.07. The van der Waals surface area contributed by atoms with Gasteiger partial charge in [-0.3, -0.25) is 4.79 Å². The third-order valence-corrected chi connectivity index (χ3v) is 5.68. The third-order valence-electron chi connectivity index (χ3n) is 5.68. The normalized spacial score (nSPS) is 11.3. The van der Waals surface area contributed by atoms with E-state index in [1.54, 1.807) is 27.4 Å². The lowest BCUT2D eigenvalue weighted by molar-refractivity contribution is -0.111. The van der Waals surface area contributed by atoms with Crippen LogP contribution < -0.4 is 19.5 Å². The van der Waals surface area contributed by atoms with Gasteiger partial charge in [0.05, 0.1) is 21.3 Å². The number of amides is 1. The summed E-state index contributed by atoms with van der Waals surface area (Å²) < 4.78 is 18.2. The number of carbonyl (C=O) groups excluding carboxylic acids is 1. The van der Waals surface area contributed by atoms with E-state index in [0.717, 1.165) is 33.3 Å². The van der Waals surface area contributed by atoms with Gasteiger partial charge in [-0.05, 0) is 47.5 Å². The van der Waals surface area contributed by atoms with E-state index in [2.05, 4.69) is 22.0 Å². The smallest absolute Gasteiger partial charge is 0.248 e. The monoisotopic (exact) mass is 468 g/mol. The van der Waals surface area contributed by atoms with Gasteiger partial charge < -0.3 is 24.1 Å². The van der Waals surface area contributed by atoms with Crippen molar-refractivity contribution in [3.8, 4) is 17.2 Å². The maximum atomic E-state index is 12.4. The van der Waals surface area contributed by atoms with Gasteiger partial charge >= 0.3 is 0 Å². The number of aryl methyl sites for hydroxylation is 1. The average Bonchev–Trinajstić information content (AvgIpc) is 3.21. The van der Waals surface area contributed by atoms with Crippen LogP contribution in [-0.2, 0) is 11.8 Å². The van der Waals surface area contributed by atoms with Gasteiger partial charge in [0, 0.05) is 41.5 Å². The summed E-state index contributed by atoms with van der Waals surface area (Å²) in [6.45, 7) is 0. The maximum absolute atomic E-state index is 12.4.